The van der Waals surface area contributed by atoms with Crippen molar-refractivity contribution in [1.29, 1.82) is 0 Å². The molecule has 0 bridgehead atoms. The van der Waals surface area contributed by atoms with Gasteiger partial charge in [0.05, 0.1) is 12.7 Å². The molecule has 0 aliphatic carbocycles. The molecule has 0 aromatic carbocycles. The molecule has 1 unspecified atom stereocenters. The molecule has 7 heteroatoms. The van der Waals surface area contributed by atoms with Gasteiger partial charge in [-0.2, -0.15) is 11.8 Å². The fraction of sp³-hybridized carbons (Fsp3) is 0.684. The largest absolute Gasteiger partial charge is 0.375 e. The van der Waals surface area contributed by atoms with Crippen LogP contribution in [0.5, 0.6) is 0 Å². The number of guanidine groups is 1. The summed E-state index contributed by atoms with van der Waals surface area (Å²) in [5.41, 5.74) is 1.17. The maximum absolute atomic E-state index is 5.60. The zero-order valence-corrected chi connectivity index (χ0v) is 17.2. The van der Waals surface area contributed by atoms with E-state index >= 15 is 0 Å². The monoisotopic (exact) mass is 377 g/mol. The highest BCUT2D eigenvalue weighted by Gasteiger charge is 2.28. The van der Waals surface area contributed by atoms with E-state index in [-0.39, 0.29) is 10.9 Å². The normalized spacial score (nSPS) is 23.8. The van der Waals surface area contributed by atoms with Gasteiger partial charge in [-0.05, 0) is 32.4 Å². The molecule has 3 heterocycles. The van der Waals surface area contributed by atoms with Crippen LogP contribution < -0.4 is 10.2 Å². The van der Waals surface area contributed by atoms with E-state index in [1.54, 1.807) is 0 Å². The molecule has 1 N–H and O–H groups in total. The molecule has 2 fully saturated rings. The molecule has 1 aromatic heterocycles. The van der Waals surface area contributed by atoms with Gasteiger partial charge in [-0.1, -0.05) is 6.07 Å². The molecule has 6 nitrogen and oxygen atoms in total. The van der Waals surface area contributed by atoms with E-state index < -0.39 is 0 Å². The van der Waals surface area contributed by atoms with Gasteiger partial charge in [-0.3, -0.25) is 4.99 Å². The number of pyridine rings is 1. The molecule has 2 aliphatic heterocycles. The van der Waals surface area contributed by atoms with Gasteiger partial charge in [0.2, 0.25) is 0 Å². The van der Waals surface area contributed by atoms with Gasteiger partial charge < -0.3 is 19.9 Å². The highest BCUT2D eigenvalue weighted by molar-refractivity contribution is 8.00. The number of hydrogen-bond acceptors (Lipinski definition) is 5. The van der Waals surface area contributed by atoms with E-state index in [1.165, 1.54) is 5.56 Å². The minimum atomic E-state index is 0.266. The SMILES string of the molecule is CN=C(NCc1ccc(N2CCOC(C)C2)nc1)N1CCSC(C)(C)C1. The van der Waals surface area contributed by atoms with Gasteiger partial charge in [0.25, 0.3) is 0 Å². The summed E-state index contributed by atoms with van der Waals surface area (Å²) in [6, 6.07) is 4.26. The first-order chi connectivity index (χ1) is 12.5. The van der Waals surface area contributed by atoms with Gasteiger partial charge in [-0.25, -0.2) is 4.98 Å². The number of ether oxygens (including phenoxy) is 1. The number of aliphatic imine (C=N–C) groups is 1. The Balaban J connectivity index is 1.55. The van der Waals surface area contributed by atoms with E-state index in [2.05, 4.69) is 58.0 Å². The minimum Gasteiger partial charge on any atom is -0.375 e. The van der Waals surface area contributed by atoms with Crippen LogP contribution in [0.4, 0.5) is 5.82 Å². The average Bonchev–Trinajstić information content (AvgIpc) is 2.62. The Morgan fingerprint density at radius 3 is 2.92 bits per heavy atom. The van der Waals surface area contributed by atoms with Crippen molar-refractivity contribution in [3.05, 3.63) is 23.9 Å². The van der Waals surface area contributed by atoms with Crippen LogP contribution in [-0.4, -0.2) is 72.3 Å². The lowest BCUT2D eigenvalue weighted by molar-refractivity contribution is 0.0529. The van der Waals surface area contributed by atoms with E-state index in [4.69, 9.17) is 4.74 Å². The summed E-state index contributed by atoms with van der Waals surface area (Å²) in [7, 11) is 1.86. The molecule has 2 saturated heterocycles. The maximum atomic E-state index is 5.60. The molecule has 3 rings (SSSR count). The smallest absolute Gasteiger partial charge is 0.193 e. The van der Waals surface area contributed by atoms with Crippen molar-refractivity contribution < 1.29 is 4.74 Å². The third-order valence-corrected chi connectivity index (χ3v) is 6.06. The molecule has 26 heavy (non-hydrogen) atoms. The summed E-state index contributed by atoms with van der Waals surface area (Å²) in [6.45, 7) is 12.1. The Kier molecular flexibility index (Phi) is 6.29. The quantitative estimate of drug-likeness (QED) is 0.644. The van der Waals surface area contributed by atoms with Crippen LogP contribution in [0.1, 0.15) is 26.3 Å². The second-order valence-electron chi connectivity index (χ2n) is 7.58. The highest BCUT2D eigenvalue weighted by Crippen LogP contribution is 2.29. The van der Waals surface area contributed by atoms with Gasteiger partial charge in [0.1, 0.15) is 5.82 Å². The molecule has 144 valence electrons. The molecule has 0 radical (unpaired) electrons. The summed E-state index contributed by atoms with van der Waals surface area (Å²) < 4.78 is 5.88. The number of thioether (sulfide) groups is 1. The predicted octanol–water partition coefficient (Wildman–Crippen LogP) is 2.21. The zero-order chi connectivity index (χ0) is 18.6. The van der Waals surface area contributed by atoms with Crippen molar-refractivity contribution in [2.45, 2.75) is 38.2 Å². The third kappa shape index (κ3) is 5.04. The third-order valence-electron chi connectivity index (χ3n) is 4.76. The molecule has 0 amide bonds. The summed E-state index contributed by atoms with van der Waals surface area (Å²) in [5, 5.41) is 3.49. The van der Waals surface area contributed by atoms with Gasteiger partial charge in [-0.15, -0.1) is 0 Å². The molecule has 1 aromatic rings. The molecule has 1 atom stereocenters. The minimum absolute atomic E-state index is 0.266. The number of nitrogens with zero attached hydrogens (tertiary/aromatic N) is 4. The lowest BCUT2D eigenvalue weighted by Crippen LogP contribution is -2.50. The van der Waals surface area contributed by atoms with Crippen LogP contribution in [0.25, 0.3) is 0 Å². The lowest BCUT2D eigenvalue weighted by Gasteiger charge is -2.39. The summed E-state index contributed by atoms with van der Waals surface area (Å²) in [4.78, 5) is 13.8. The number of nitrogens with one attached hydrogen (secondary N) is 1. The van der Waals surface area contributed by atoms with Crippen LogP contribution in [0, 0.1) is 0 Å². The lowest BCUT2D eigenvalue weighted by atomic mass is 10.2. The fourth-order valence-electron chi connectivity index (χ4n) is 3.45. The van der Waals surface area contributed by atoms with Gasteiger partial charge in [0, 0.05) is 56.5 Å². The van der Waals surface area contributed by atoms with Crippen LogP contribution in [0.2, 0.25) is 0 Å². The number of aromatic nitrogens is 1. The fourth-order valence-corrected chi connectivity index (χ4v) is 4.56. The molecular weight excluding hydrogens is 346 g/mol. The average molecular weight is 378 g/mol. The summed E-state index contributed by atoms with van der Waals surface area (Å²) in [5.74, 6) is 3.15. The second kappa shape index (κ2) is 8.48. The first-order valence-corrected chi connectivity index (χ1v) is 10.4. The first kappa shape index (κ1) is 19.3. The standard InChI is InChI=1S/C19H31N5OS/c1-15-13-23(7-9-25-15)17-6-5-16(11-21-17)12-22-18(20-4)24-8-10-26-19(2,3)14-24/h5-6,11,15H,7-10,12-14H2,1-4H3,(H,20,22). The molecule has 0 saturated carbocycles. The highest BCUT2D eigenvalue weighted by atomic mass is 32.2. The second-order valence-corrected chi connectivity index (χ2v) is 9.38. The first-order valence-electron chi connectivity index (χ1n) is 9.38. The Bertz CT molecular complexity index is 619. The Morgan fingerprint density at radius 1 is 1.42 bits per heavy atom. The van der Waals surface area contributed by atoms with E-state index in [0.29, 0.717) is 0 Å². The van der Waals surface area contributed by atoms with Crippen LogP contribution >= 0.6 is 11.8 Å². The Hall–Kier alpha value is -1.47. The Morgan fingerprint density at radius 2 is 2.27 bits per heavy atom. The number of rotatable bonds is 3. The van der Waals surface area contributed by atoms with Crippen LogP contribution in [-0.2, 0) is 11.3 Å². The van der Waals surface area contributed by atoms with Crippen molar-refractivity contribution in [2.75, 3.05) is 50.5 Å². The summed E-state index contributed by atoms with van der Waals surface area (Å²) in [6.07, 6.45) is 2.23. The van der Waals surface area contributed by atoms with Crippen molar-refractivity contribution in [1.82, 2.24) is 15.2 Å². The maximum Gasteiger partial charge on any atom is 0.193 e. The van der Waals surface area contributed by atoms with Gasteiger partial charge >= 0.3 is 0 Å². The van der Waals surface area contributed by atoms with Crippen LogP contribution in [0.15, 0.2) is 23.3 Å². The van der Waals surface area contributed by atoms with Crippen molar-refractivity contribution in [2.24, 2.45) is 4.99 Å². The summed E-state index contributed by atoms with van der Waals surface area (Å²) >= 11 is 2.03. The zero-order valence-electron chi connectivity index (χ0n) is 16.4. The van der Waals surface area contributed by atoms with Crippen molar-refractivity contribution in [3.63, 3.8) is 0 Å². The van der Waals surface area contributed by atoms with Crippen molar-refractivity contribution in [3.8, 4) is 0 Å². The van der Waals surface area contributed by atoms with E-state index in [9.17, 15) is 0 Å². The molecule has 2 aliphatic rings. The topological polar surface area (TPSA) is 53.0 Å². The van der Waals surface area contributed by atoms with Crippen LogP contribution in [0.3, 0.4) is 0 Å². The Labute approximate surface area is 161 Å². The number of anilines is 1. The van der Waals surface area contributed by atoms with E-state index in [1.807, 2.05) is 25.0 Å². The number of hydrogen-bond donors (Lipinski definition) is 1. The number of morpholine rings is 1. The van der Waals surface area contributed by atoms with E-state index in [0.717, 1.165) is 56.9 Å². The molecule has 0 spiro atoms. The van der Waals surface area contributed by atoms with Gasteiger partial charge in [0.15, 0.2) is 5.96 Å². The molecular formula is C19H31N5OS. The van der Waals surface area contributed by atoms with Crippen molar-refractivity contribution >= 4 is 23.5 Å². The predicted molar refractivity (Wildman–Crippen MR) is 110 cm³/mol.